The van der Waals surface area contributed by atoms with Crippen molar-refractivity contribution in [3.8, 4) is 6.07 Å². The molecular formula is C17H14F3N5O. The molecule has 0 spiro atoms. The summed E-state index contributed by atoms with van der Waals surface area (Å²) >= 11 is 0. The van der Waals surface area contributed by atoms with Gasteiger partial charge in [0.05, 0.1) is 29.5 Å². The average Bonchev–Trinajstić information content (AvgIpc) is 2.60. The van der Waals surface area contributed by atoms with Crippen LogP contribution in [0.15, 0.2) is 41.5 Å². The molecule has 0 amide bonds. The Morgan fingerprint density at radius 2 is 2.08 bits per heavy atom. The maximum absolute atomic E-state index is 12.7. The molecule has 0 aliphatic carbocycles. The predicted molar refractivity (Wildman–Crippen MR) is 90.0 cm³/mol. The number of halogens is 3. The molecule has 134 valence electrons. The van der Waals surface area contributed by atoms with Crippen molar-refractivity contribution in [2.45, 2.75) is 18.8 Å². The lowest BCUT2D eigenvalue weighted by Gasteiger charge is -2.34. The van der Waals surface area contributed by atoms with Gasteiger partial charge < -0.3 is 15.7 Å². The van der Waals surface area contributed by atoms with Crippen LogP contribution in [-0.2, 0) is 0 Å². The van der Waals surface area contributed by atoms with Gasteiger partial charge in [-0.25, -0.2) is 9.98 Å². The molecule has 9 heteroatoms. The van der Waals surface area contributed by atoms with E-state index in [2.05, 4.69) is 9.98 Å². The molecule has 2 aromatic rings. The number of benzene rings is 1. The molecule has 2 heterocycles. The molecule has 1 atom stereocenters. The largest absolute Gasteiger partial charge is 0.397 e. The van der Waals surface area contributed by atoms with E-state index in [1.165, 1.54) is 18.3 Å². The second kappa shape index (κ2) is 6.65. The van der Waals surface area contributed by atoms with Gasteiger partial charge in [0.2, 0.25) is 0 Å². The van der Waals surface area contributed by atoms with Crippen molar-refractivity contribution < 1.29 is 18.3 Å². The van der Waals surface area contributed by atoms with E-state index >= 15 is 0 Å². The van der Waals surface area contributed by atoms with Crippen molar-refractivity contribution >= 4 is 22.9 Å². The van der Waals surface area contributed by atoms with Crippen LogP contribution in [0.5, 0.6) is 0 Å². The van der Waals surface area contributed by atoms with E-state index in [-0.39, 0.29) is 22.9 Å². The zero-order valence-electron chi connectivity index (χ0n) is 13.4. The number of alkyl halides is 3. The third-order valence-electron chi connectivity index (χ3n) is 3.90. The molecule has 0 fully saturated rings. The minimum atomic E-state index is -4.39. The normalized spacial score (nSPS) is 16.7. The summed E-state index contributed by atoms with van der Waals surface area (Å²) in [5.41, 5.74) is 7.18. The number of rotatable bonds is 3. The Hall–Kier alpha value is -3.12. The third kappa shape index (κ3) is 3.45. The lowest BCUT2D eigenvalue weighted by atomic mass is 10.0. The molecule has 1 aliphatic heterocycles. The highest BCUT2D eigenvalue weighted by molar-refractivity contribution is 6.09. The van der Waals surface area contributed by atoms with E-state index in [9.17, 15) is 18.3 Å². The Morgan fingerprint density at radius 3 is 2.77 bits per heavy atom. The van der Waals surface area contributed by atoms with Gasteiger partial charge in [-0.1, -0.05) is 12.1 Å². The highest BCUT2D eigenvalue weighted by Crippen LogP contribution is 2.38. The molecule has 0 radical (unpaired) electrons. The van der Waals surface area contributed by atoms with E-state index < -0.39 is 25.4 Å². The summed E-state index contributed by atoms with van der Waals surface area (Å²) in [6.07, 6.45) is -5.63. The van der Waals surface area contributed by atoms with E-state index in [0.717, 1.165) is 4.90 Å². The standard InChI is InChI=1S/C17H14F3N5O/c18-17(19,20)5-7-25-15-14(12(22)4-6-23-15)24-13(16(25)26)11-3-1-2-10(8-11)9-21/h1-4,6,8,16,26H,5,7H2,(H2,22,23). The molecule has 0 saturated carbocycles. The minimum absolute atomic E-state index is 0.0851. The lowest BCUT2D eigenvalue weighted by Crippen LogP contribution is -2.45. The molecule has 0 saturated heterocycles. The Morgan fingerprint density at radius 1 is 1.31 bits per heavy atom. The molecule has 1 aromatic heterocycles. The minimum Gasteiger partial charge on any atom is -0.397 e. The van der Waals surface area contributed by atoms with Crippen LogP contribution in [0.3, 0.4) is 0 Å². The number of hydrogen-bond donors (Lipinski definition) is 2. The highest BCUT2D eigenvalue weighted by atomic mass is 19.4. The fraction of sp³-hybridized carbons (Fsp3) is 0.235. The number of hydrogen-bond acceptors (Lipinski definition) is 6. The number of nitrogens with zero attached hydrogens (tertiary/aromatic N) is 4. The summed E-state index contributed by atoms with van der Waals surface area (Å²) in [7, 11) is 0. The molecule has 1 aliphatic rings. The number of nitrogens with two attached hydrogens (primary N) is 1. The second-order valence-electron chi connectivity index (χ2n) is 5.69. The predicted octanol–water partition coefficient (Wildman–Crippen LogP) is 2.75. The van der Waals surface area contributed by atoms with Gasteiger partial charge in [-0.05, 0) is 18.2 Å². The summed E-state index contributed by atoms with van der Waals surface area (Å²) in [4.78, 5) is 9.46. The van der Waals surface area contributed by atoms with Gasteiger partial charge in [-0.3, -0.25) is 0 Å². The number of nitriles is 1. The van der Waals surface area contributed by atoms with Crippen molar-refractivity contribution in [2.75, 3.05) is 17.2 Å². The fourth-order valence-electron chi connectivity index (χ4n) is 2.66. The smallest absolute Gasteiger partial charge is 0.390 e. The first-order valence-electron chi connectivity index (χ1n) is 7.65. The van der Waals surface area contributed by atoms with Crippen molar-refractivity contribution in [2.24, 2.45) is 4.99 Å². The summed E-state index contributed by atoms with van der Waals surface area (Å²) in [5, 5.41) is 19.7. The van der Waals surface area contributed by atoms with Crippen LogP contribution in [0.25, 0.3) is 0 Å². The summed E-state index contributed by atoms with van der Waals surface area (Å²) < 4.78 is 38.1. The summed E-state index contributed by atoms with van der Waals surface area (Å²) in [5.74, 6) is 0.0851. The molecule has 26 heavy (non-hydrogen) atoms. The molecule has 3 N–H and O–H groups in total. The van der Waals surface area contributed by atoms with Gasteiger partial charge in [0.15, 0.2) is 12.0 Å². The van der Waals surface area contributed by atoms with Crippen LogP contribution in [0, 0.1) is 11.3 Å². The Kier molecular flexibility index (Phi) is 4.52. The van der Waals surface area contributed by atoms with Crippen LogP contribution in [0.1, 0.15) is 17.5 Å². The number of aliphatic hydroxyl groups excluding tert-OH is 1. The topological polar surface area (TPSA) is 98.5 Å². The summed E-state index contributed by atoms with van der Waals surface area (Å²) in [6, 6.07) is 9.74. The van der Waals surface area contributed by atoms with E-state index in [1.54, 1.807) is 18.2 Å². The van der Waals surface area contributed by atoms with Gasteiger partial charge in [0.1, 0.15) is 5.69 Å². The Balaban J connectivity index is 2.08. The molecule has 6 nitrogen and oxygen atoms in total. The van der Waals surface area contributed by atoms with Crippen LogP contribution < -0.4 is 10.6 Å². The van der Waals surface area contributed by atoms with Gasteiger partial charge in [0.25, 0.3) is 0 Å². The first-order valence-corrected chi connectivity index (χ1v) is 7.65. The first-order chi connectivity index (χ1) is 12.3. The first kappa shape index (κ1) is 17.7. The lowest BCUT2D eigenvalue weighted by molar-refractivity contribution is -0.132. The highest BCUT2D eigenvalue weighted by Gasteiger charge is 2.35. The Labute approximate surface area is 147 Å². The second-order valence-corrected chi connectivity index (χ2v) is 5.69. The van der Waals surface area contributed by atoms with Crippen molar-refractivity contribution in [1.29, 1.82) is 5.26 Å². The van der Waals surface area contributed by atoms with Crippen LogP contribution in [0.2, 0.25) is 0 Å². The number of pyridine rings is 1. The van der Waals surface area contributed by atoms with Gasteiger partial charge in [-0.2, -0.15) is 18.4 Å². The molecule has 1 aromatic carbocycles. The van der Waals surface area contributed by atoms with Gasteiger partial charge in [0, 0.05) is 18.3 Å². The maximum atomic E-state index is 12.7. The molecule has 0 bridgehead atoms. The SMILES string of the molecule is N#Cc1cccc(C2=Nc3c(N)ccnc3N(CCC(F)(F)F)C2O)c1. The number of nitrogen functional groups attached to an aromatic ring is 1. The quantitative estimate of drug-likeness (QED) is 0.876. The van der Waals surface area contributed by atoms with Crippen LogP contribution >= 0.6 is 0 Å². The van der Waals surface area contributed by atoms with E-state index in [0.29, 0.717) is 11.1 Å². The summed E-state index contributed by atoms with van der Waals surface area (Å²) in [6.45, 7) is -0.509. The maximum Gasteiger partial charge on any atom is 0.390 e. The monoisotopic (exact) mass is 361 g/mol. The van der Waals surface area contributed by atoms with Crippen molar-refractivity contribution in [3.63, 3.8) is 0 Å². The molecular weight excluding hydrogens is 347 g/mol. The zero-order valence-corrected chi connectivity index (χ0v) is 13.4. The molecule has 1 unspecified atom stereocenters. The van der Waals surface area contributed by atoms with Gasteiger partial charge in [-0.15, -0.1) is 0 Å². The van der Waals surface area contributed by atoms with Crippen molar-refractivity contribution in [3.05, 3.63) is 47.7 Å². The zero-order chi connectivity index (χ0) is 18.9. The number of fused-ring (bicyclic) bond motifs is 1. The number of aliphatic hydroxyl groups is 1. The average molecular weight is 361 g/mol. The van der Waals surface area contributed by atoms with Gasteiger partial charge >= 0.3 is 6.18 Å². The van der Waals surface area contributed by atoms with Crippen LogP contribution in [0.4, 0.5) is 30.4 Å². The number of aliphatic imine (C=N–C) groups is 1. The Bertz CT molecular complexity index is 904. The van der Waals surface area contributed by atoms with Crippen LogP contribution in [-0.4, -0.2) is 34.8 Å². The molecule has 3 rings (SSSR count). The number of aromatic nitrogens is 1. The fourth-order valence-corrected chi connectivity index (χ4v) is 2.66. The van der Waals surface area contributed by atoms with E-state index in [4.69, 9.17) is 11.0 Å². The number of anilines is 2. The van der Waals surface area contributed by atoms with E-state index in [1.807, 2.05) is 6.07 Å². The van der Waals surface area contributed by atoms with Crippen molar-refractivity contribution in [1.82, 2.24) is 4.98 Å². The third-order valence-corrected chi connectivity index (χ3v) is 3.90.